The third-order valence-corrected chi connectivity index (χ3v) is 3.70. The number of aryl methyl sites for hydroxylation is 1. The Bertz CT molecular complexity index is 641. The van der Waals surface area contributed by atoms with Gasteiger partial charge < -0.3 is 14.6 Å². The van der Waals surface area contributed by atoms with Crippen molar-refractivity contribution in [3.63, 3.8) is 0 Å². The van der Waals surface area contributed by atoms with Crippen molar-refractivity contribution in [2.24, 2.45) is 5.73 Å². The minimum Gasteiger partial charge on any atom is -0.464 e. The Morgan fingerprint density at radius 3 is 2.50 bits per heavy atom. The quantitative estimate of drug-likeness (QED) is 0.758. The van der Waals surface area contributed by atoms with E-state index in [4.69, 9.17) is 14.6 Å². The summed E-state index contributed by atoms with van der Waals surface area (Å²) in [4.78, 5) is 0. The molecule has 1 unspecified atom stereocenters. The number of hydrogen-bond acceptors (Lipinski definition) is 3. The zero-order valence-corrected chi connectivity index (χ0v) is 10.7. The third kappa shape index (κ3) is 1.47. The monoisotopic (exact) mass is 243 g/mol. The van der Waals surface area contributed by atoms with Crippen LogP contribution in [-0.2, 0) is 0 Å². The second-order valence-electron chi connectivity index (χ2n) is 4.84. The normalized spacial score (nSPS) is 13.5. The smallest absolute Gasteiger partial charge is 0.138 e. The van der Waals surface area contributed by atoms with Crippen LogP contribution in [0.3, 0.4) is 0 Å². The van der Waals surface area contributed by atoms with Crippen LogP contribution in [0.4, 0.5) is 0 Å². The highest BCUT2D eigenvalue weighted by atomic mass is 16.3. The average Bonchev–Trinajstić information content (AvgIpc) is 2.97. The summed E-state index contributed by atoms with van der Waals surface area (Å²) in [5, 5.41) is 2.28. The van der Waals surface area contributed by atoms with Crippen LogP contribution in [0.1, 0.15) is 30.4 Å². The van der Waals surface area contributed by atoms with Gasteiger partial charge in [-0.3, -0.25) is 0 Å². The van der Waals surface area contributed by atoms with Crippen molar-refractivity contribution in [2.45, 2.75) is 26.2 Å². The van der Waals surface area contributed by atoms with Crippen molar-refractivity contribution < 1.29 is 8.83 Å². The predicted octanol–water partition coefficient (Wildman–Crippen LogP) is 3.94. The summed E-state index contributed by atoms with van der Waals surface area (Å²) in [5.41, 5.74) is 9.98. The minimum atomic E-state index is 0.365. The maximum Gasteiger partial charge on any atom is 0.138 e. The maximum absolute atomic E-state index is 5.69. The standard InChI is InChI=1S/C15H17NO2/c1-9(3-6-16)13-12-5-8-17-14(12)10(2)11-4-7-18-15(11)13/h4-5,7-9H,3,6,16H2,1-2H3. The molecular weight excluding hydrogens is 226 g/mol. The molecule has 0 bridgehead atoms. The average molecular weight is 243 g/mol. The van der Waals surface area contributed by atoms with Gasteiger partial charge in [-0.05, 0) is 37.9 Å². The van der Waals surface area contributed by atoms with E-state index in [1.807, 2.05) is 12.1 Å². The topological polar surface area (TPSA) is 52.3 Å². The van der Waals surface area contributed by atoms with Gasteiger partial charge in [0.25, 0.3) is 0 Å². The van der Waals surface area contributed by atoms with Crippen LogP contribution in [0.5, 0.6) is 0 Å². The van der Waals surface area contributed by atoms with Crippen LogP contribution in [0.15, 0.2) is 33.5 Å². The largest absolute Gasteiger partial charge is 0.464 e. The highest BCUT2D eigenvalue weighted by molar-refractivity contribution is 6.01. The summed E-state index contributed by atoms with van der Waals surface area (Å²) in [6.07, 6.45) is 4.43. The number of rotatable bonds is 3. The SMILES string of the molecule is Cc1c2ccoc2c(C(C)CCN)c2ccoc12. The van der Waals surface area contributed by atoms with Crippen molar-refractivity contribution in [3.05, 3.63) is 35.8 Å². The molecule has 3 heteroatoms. The van der Waals surface area contributed by atoms with Crippen molar-refractivity contribution >= 4 is 21.9 Å². The molecule has 1 atom stereocenters. The summed E-state index contributed by atoms with van der Waals surface area (Å²) in [7, 11) is 0. The van der Waals surface area contributed by atoms with Crippen LogP contribution in [0.25, 0.3) is 21.9 Å². The fraction of sp³-hybridized carbons (Fsp3) is 0.333. The van der Waals surface area contributed by atoms with E-state index in [-0.39, 0.29) is 0 Å². The molecule has 1 aromatic carbocycles. The first kappa shape index (κ1) is 11.4. The fourth-order valence-corrected chi connectivity index (χ4v) is 2.75. The first-order valence-corrected chi connectivity index (χ1v) is 6.31. The van der Waals surface area contributed by atoms with E-state index in [0.29, 0.717) is 12.5 Å². The van der Waals surface area contributed by atoms with Crippen LogP contribution in [0, 0.1) is 6.92 Å². The molecule has 2 N–H and O–H groups in total. The number of benzene rings is 1. The van der Waals surface area contributed by atoms with Gasteiger partial charge in [-0.2, -0.15) is 0 Å². The second kappa shape index (κ2) is 4.18. The molecule has 18 heavy (non-hydrogen) atoms. The molecular formula is C15H17NO2. The Balaban J connectivity index is 2.40. The lowest BCUT2D eigenvalue weighted by molar-refractivity contribution is 0.597. The molecule has 0 radical (unpaired) electrons. The molecule has 3 rings (SSSR count). The van der Waals surface area contributed by atoms with Gasteiger partial charge in [0, 0.05) is 21.9 Å². The van der Waals surface area contributed by atoms with E-state index in [9.17, 15) is 0 Å². The molecule has 0 aliphatic heterocycles. The van der Waals surface area contributed by atoms with E-state index >= 15 is 0 Å². The molecule has 0 amide bonds. The Hall–Kier alpha value is -1.74. The van der Waals surface area contributed by atoms with Gasteiger partial charge >= 0.3 is 0 Å². The summed E-state index contributed by atoms with van der Waals surface area (Å²) < 4.78 is 11.3. The van der Waals surface area contributed by atoms with Crippen LogP contribution in [-0.4, -0.2) is 6.54 Å². The van der Waals surface area contributed by atoms with E-state index in [1.165, 1.54) is 5.56 Å². The molecule has 2 aromatic heterocycles. The van der Waals surface area contributed by atoms with Gasteiger partial charge in [0.1, 0.15) is 11.2 Å². The molecule has 0 spiro atoms. The lowest BCUT2D eigenvalue weighted by Crippen LogP contribution is -2.05. The van der Waals surface area contributed by atoms with Gasteiger partial charge in [-0.25, -0.2) is 0 Å². The highest BCUT2D eigenvalue weighted by Crippen LogP contribution is 2.38. The first-order chi connectivity index (χ1) is 8.74. The first-order valence-electron chi connectivity index (χ1n) is 6.31. The van der Waals surface area contributed by atoms with E-state index < -0.39 is 0 Å². The van der Waals surface area contributed by atoms with Crippen molar-refractivity contribution in [1.29, 1.82) is 0 Å². The summed E-state index contributed by atoms with van der Waals surface area (Å²) in [5.74, 6) is 0.365. The van der Waals surface area contributed by atoms with Gasteiger partial charge in [-0.1, -0.05) is 6.92 Å². The lowest BCUT2D eigenvalue weighted by atomic mass is 9.91. The summed E-state index contributed by atoms with van der Waals surface area (Å²) >= 11 is 0. The molecule has 2 heterocycles. The molecule has 0 saturated heterocycles. The van der Waals surface area contributed by atoms with Gasteiger partial charge in [0.05, 0.1) is 12.5 Å². The Labute approximate surface area is 106 Å². The number of hydrogen-bond donors (Lipinski definition) is 1. The maximum atomic E-state index is 5.69. The molecule has 94 valence electrons. The molecule has 3 aromatic rings. The molecule has 0 aliphatic carbocycles. The second-order valence-corrected chi connectivity index (χ2v) is 4.84. The van der Waals surface area contributed by atoms with Crippen molar-refractivity contribution in [2.75, 3.05) is 6.54 Å². The zero-order chi connectivity index (χ0) is 12.7. The fourth-order valence-electron chi connectivity index (χ4n) is 2.75. The number of furan rings is 2. The molecule has 0 fully saturated rings. The lowest BCUT2D eigenvalue weighted by Gasteiger charge is -2.13. The van der Waals surface area contributed by atoms with Crippen molar-refractivity contribution in [1.82, 2.24) is 0 Å². The van der Waals surface area contributed by atoms with Crippen molar-refractivity contribution in [3.8, 4) is 0 Å². The Kier molecular flexibility index (Phi) is 2.63. The Morgan fingerprint density at radius 2 is 1.78 bits per heavy atom. The van der Waals surface area contributed by atoms with Gasteiger partial charge in [-0.15, -0.1) is 0 Å². The minimum absolute atomic E-state index is 0.365. The number of fused-ring (bicyclic) bond motifs is 2. The van der Waals surface area contributed by atoms with Crippen LogP contribution in [0.2, 0.25) is 0 Å². The highest BCUT2D eigenvalue weighted by Gasteiger charge is 2.19. The van der Waals surface area contributed by atoms with E-state index in [1.54, 1.807) is 12.5 Å². The third-order valence-electron chi connectivity index (χ3n) is 3.70. The Morgan fingerprint density at radius 1 is 1.11 bits per heavy atom. The molecule has 0 saturated carbocycles. The zero-order valence-electron chi connectivity index (χ0n) is 10.7. The van der Waals surface area contributed by atoms with E-state index in [2.05, 4.69) is 13.8 Å². The van der Waals surface area contributed by atoms with Gasteiger partial charge in [0.2, 0.25) is 0 Å². The molecule has 0 aliphatic rings. The summed E-state index contributed by atoms with van der Waals surface area (Å²) in [6, 6.07) is 4.03. The van der Waals surface area contributed by atoms with Crippen LogP contribution >= 0.6 is 0 Å². The predicted molar refractivity (Wildman–Crippen MR) is 72.8 cm³/mol. The van der Waals surface area contributed by atoms with Crippen LogP contribution < -0.4 is 5.73 Å². The summed E-state index contributed by atoms with van der Waals surface area (Å²) in [6.45, 7) is 4.93. The van der Waals surface area contributed by atoms with E-state index in [0.717, 1.165) is 33.9 Å². The number of nitrogens with two attached hydrogens (primary N) is 1. The van der Waals surface area contributed by atoms with Gasteiger partial charge in [0.15, 0.2) is 0 Å². The molecule has 3 nitrogen and oxygen atoms in total.